The second-order valence-corrected chi connectivity index (χ2v) is 21.4. The number of ether oxygens (including phenoxy) is 2. The van der Waals surface area contributed by atoms with Crippen molar-refractivity contribution < 1.29 is 24.2 Å². The van der Waals surface area contributed by atoms with Crippen LogP contribution in [0.4, 0.5) is 0 Å². The highest BCUT2D eigenvalue weighted by atomic mass is 16.6. The van der Waals surface area contributed by atoms with E-state index < -0.39 is 6.10 Å². The summed E-state index contributed by atoms with van der Waals surface area (Å²) < 4.78 is 10.7. The molecule has 1 atom stereocenters. The Labute approximate surface area is 483 Å². The smallest absolute Gasteiger partial charge is 0.306 e. The molecule has 0 saturated heterocycles. The molecule has 0 aromatic carbocycles. The minimum atomic E-state index is -0.782. The number of carbonyl (C=O) groups is 2. The van der Waals surface area contributed by atoms with Crippen molar-refractivity contribution in [2.45, 2.75) is 302 Å². The first-order chi connectivity index (χ1) is 38.6. The third-order valence-corrected chi connectivity index (χ3v) is 13.9. The Morgan fingerprint density at radius 1 is 0.295 bits per heavy atom. The van der Waals surface area contributed by atoms with Gasteiger partial charge >= 0.3 is 11.9 Å². The number of aliphatic hydroxyl groups excluding tert-OH is 1. The van der Waals surface area contributed by atoms with Crippen molar-refractivity contribution in [3.8, 4) is 0 Å². The summed E-state index contributed by atoms with van der Waals surface area (Å²) in [5, 5.41) is 9.69. The van der Waals surface area contributed by atoms with Gasteiger partial charge in [-0.3, -0.25) is 9.59 Å². The second kappa shape index (κ2) is 67.3. The number of rotatable bonds is 59. The highest BCUT2D eigenvalue weighted by Crippen LogP contribution is 2.17. The first-order valence-corrected chi connectivity index (χ1v) is 32.7. The van der Waals surface area contributed by atoms with Gasteiger partial charge in [-0.1, -0.05) is 308 Å². The van der Waals surface area contributed by atoms with Crippen molar-refractivity contribution in [2.75, 3.05) is 13.2 Å². The van der Waals surface area contributed by atoms with E-state index in [1.54, 1.807) is 0 Å². The topological polar surface area (TPSA) is 72.8 Å². The lowest BCUT2D eigenvalue weighted by atomic mass is 10.0. The van der Waals surface area contributed by atoms with E-state index in [9.17, 15) is 14.7 Å². The molecule has 0 heterocycles. The fourth-order valence-electron chi connectivity index (χ4n) is 9.12. The van der Waals surface area contributed by atoms with Gasteiger partial charge in [0, 0.05) is 12.8 Å². The van der Waals surface area contributed by atoms with Crippen molar-refractivity contribution in [1.82, 2.24) is 0 Å². The van der Waals surface area contributed by atoms with Gasteiger partial charge in [0.2, 0.25) is 0 Å². The summed E-state index contributed by atoms with van der Waals surface area (Å²) in [4.78, 5) is 24.6. The van der Waals surface area contributed by atoms with Crippen LogP contribution in [0.25, 0.3) is 0 Å². The quantitative estimate of drug-likeness (QED) is 0.0373. The number of esters is 2. The summed E-state index contributed by atoms with van der Waals surface area (Å²) in [6.07, 6.45) is 100. The molecule has 1 N–H and O–H groups in total. The van der Waals surface area contributed by atoms with Crippen LogP contribution in [0.3, 0.4) is 0 Å². The minimum Gasteiger partial charge on any atom is -0.462 e. The SMILES string of the molecule is CC/C=C\C/C=C\C/C=C\C/C=C\C/C=C\C/C=C\CCCCCCCCCCCCCCCCCCCCCCC(=O)OC(CO)COC(=O)CCCCCCCCCCC/C=C\C/C=C\C/C=C\C/C=C\C/C=C\CC. The molecule has 0 aliphatic rings. The van der Waals surface area contributed by atoms with Gasteiger partial charge in [0.25, 0.3) is 0 Å². The zero-order valence-corrected chi connectivity index (χ0v) is 50.9. The molecule has 0 amide bonds. The molecule has 0 spiro atoms. The Morgan fingerprint density at radius 2 is 0.513 bits per heavy atom. The first kappa shape index (κ1) is 74.0. The lowest BCUT2D eigenvalue weighted by molar-refractivity contribution is -0.161. The monoisotopic (exact) mass is 1080 g/mol. The maximum Gasteiger partial charge on any atom is 0.306 e. The number of carbonyl (C=O) groups excluding carboxylic acids is 2. The van der Waals surface area contributed by atoms with Crippen molar-refractivity contribution in [1.29, 1.82) is 0 Å². The Morgan fingerprint density at radius 3 is 0.769 bits per heavy atom. The predicted octanol–water partition coefficient (Wildman–Crippen LogP) is 22.8. The van der Waals surface area contributed by atoms with Crippen LogP contribution in [0, 0.1) is 0 Å². The van der Waals surface area contributed by atoms with E-state index in [0.717, 1.165) is 109 Å². The molecule has 0 aliphatic carbocycles. The largest absolute Gasteiger partial charge is 0.462 e. The van der Waals surface area contributed by atoms with Crippen LogP contribution in [0.15, 0.2) is 134 Å². The highest BCUT2D eigenvalue weighted by Gasteiger charge is 2.16. The number of hydrogen-bond acceptors (Lipinski definition) is 5. The van der Waals surface area contributed by atoms with Crippen LogP contribution in [0.1, 0.15) is 296 Å². The van der Waals surface area contributed by atoms with Crippen molar-refractivity contribution >= 4 is 11.9 Å². The maximum atomic E-state index is 12.4. The lowest BCUT2D eigenvalue weighted by Gasteiger charge is -2.15. The Bertz CT molecular complexity index is 1600. The van der Waals surface area contributed by atoms with E-state index in [4.69, 9.17) is 9.47 Å². The molecule has 0 aromatic rings. The van der Waals surface area contributed by atoms with Gasteiger partial charge in [0.15, 0.2) is 6.10 Å². The average Bonchev–Trinajstić information content (AvgIpc) is 3.44. The van der Waals surface area contributed by atoms with Crippen LogP contribution in [0.2, 0.25) is 0 Å². The lowest BCUT2D eigenvalue weighted by Crippen LogP contribution is -2.28. The van der Waals surface area contributed by atoms with Gasteiger partial charge in [0.05, 0.1) is 6.61 Å². The second-order valence-electron chi connectivity index (χ2n) is 21.4. The first-order valence-electron chi connectivity index (χ1n) is 32.7. The fraction of sp³-hybridized carbons (Fsp3) is 0.671. The molecule has 0 saturated carbocycles. The zero-order chi connectivity index (χ0) is 56.2. The molecule has 444 valence electrons. The van der Waals surface area contributed by atoms with Crippen molar-refractivity contribution in [3.63, 3.8) is 0 Å². The molecule has 0 fully saturated rings. The maximum absolute atomic E-state index is 12.4. The van der Waals surface area contributed by atoms with Crippen LogP contribution < -0.4 is 0 Å². The summed E-state index contributed by atoms with van der Waals surface area (Å²) in [5.41, 5.74) is 0. The van der Waals surface area contributed by atoms with Crippen LogP contribution in [-0.2, 0) is 19.1 Å². The molecular weight excluding hydrogens is 957 g/mol. The van der Waals surface area contributed by atoms with Crippen LogP contribution in [-0.4, -0.2) is 36.4 Å². The van der Waals surface area contributed by atoms with Crippen molar-refractivity contribution in [2.24, 2.45) is 0 Å². The number of hydrogen-bond donors (Lipinski definition) is 1. The number of allylic oxidation sites excluding steroid dienone is 22. The number of aliphatic hydroxyl groups is 1. The zero-order valence-electron chi connectivity index (χ0n) is 50.9. The molecule has 0 aliphatic heterocycles. The van der Waals surface area contributed by atoms with E-state index in [1.165, 1.54) is 161 Å². The highest BCUT2D eigenvalue weighted by molar-refractivity contribution is 5.70. The van der Waals surface area contributed by atoms with E-state index in [2.05, 4.69) is 148 Å². The molecule has 5 heteroatoms. The minimum absolute atomic E-state index is 0.0728. The van der Waals surface area contributed by atoms with E-state index in [-0.39, 0.29) is 25.2 Å². The van der Waals surface area contributed by atoms with E-state index in [1.807, 2.05) is 0 Å². The van der Waals surface area contributed by atoms with Crippen LogP contribution in [0.5, 0.6) is 0 Å². The molecule has 5 nitrogen and oxygen atoms in total. The molecule has 78 heavy (non-hydrogen) atoms. The summed E-state index contributed by atoms with van der Waals surface area (Å²) in [6, 6.07) is 0. The van der Waals surface area contributed by atoms with Gasteiger partial charge < -0.3 is 14.6 Å². The van der Waals surface area contributed by atoms with E-state index in [0.29, 0.717) is 12.8 Å². The number of unbranched alkanes of at least 4 members (excludes halogenated alkanes) is 29. The molecule has 0 radical (unpaired) electrons. The fourth-order valence-corrected chi connectivity index (χ4v) is 9.12. The van der Waals surface area contributed by atoms with Gasteiger partial charge in [-0.2, -0.15) is 0 Å². The summed E-state index contributed by atoms with van der Waals surface area (Å²) in [7, 11) is 0. The van der Waals surface area contributed by atoms with Gasteiger partial charge in [-0.15, -0.1) is 0 Å². The Kier molecular flexibility index (Phi) is 63.9. The van der Waals surface area contributed by atoms with Crippen LogP contribution >= 0.6 is 0 Å². The van der Waals surface area contributed by atoms with Gasteiger partial charge in [0.1, 0.15) is 6.61 Å². The third-order valence-electron chi connectivity index (χ3n) is 13.9. The summed E-state index contributed by atoms with van der Waals surface area (Å²) >= 11 is 0. The predicted molar refractivity (Wildman–Crippen MR) is 343 cm³/mol. The van der Waals surface area contributed by atoms with Crippen molar-refractivity contribution in [3.05, 3.63) is 134 Å². The average molecular weight is 1080 g/mol. The molecule has 0 aromatic heterocycles. The normalized spacial score (nSPS) is 13.1. The Hall–Kier alpha value is -3.96. The standard InChI is InChI=1S/C73H122O5/c1-3-5-7-9-11-13-15-17-19-21-23-25-27-29-30-31-32-33-34-35-36-37-38-39-40-41-42-44-46-48-50-52-54-56-58-60-62-64-66-68-73(76)78-71(69-74)70-77-72(75)67-65-63-61-59-57-55-53-51-49-47-45-43-28-26-24-22-20-18-16-14-12-10-8-6-4-2/h5-8,11-14,17-20,23-26,29-30,32-33,43,45,71,74H,3-4,9-10,15-16,21-22,27-28,31,34-42,44,46-70H2,1-2H3/b7-5-,8-6-,13-11-,14-12-,19-17-,20-18-,25-23-,26-24-,30-29-,33-32-,45-43-. The van der Waals surface area contributed by atoms with Gasteiger partial charge in [-0.05, 0) is 109 Å². The van der Waals surface area contributed by atoms with Gasteiger partial charge in [-0.25, -0.2) is 0 Å². The Balaban J connectivity index is 3.48. The third kappa shape index (κ3) is 64.6. The molecule has 1 unspecified atom stereocenters. The van der Waals surface area contributed by atoms with E-state index >= 15 is 0 Å². The molecule has 0 bridgehead atoms. The molecular formula is C73H122O5. The summed E-state index contributed by atoms with van der Waals surface area (Å²) in [6.45, 7) is 3.92. The molecule has 0 rings (SSSR count). The summed E-state index contributed by atoms with van der Waals surface area (Å²) in [5.74, 6) is -0.593.